The maximum Gasteiger partial charge on any atom is 0.146 e. The van der Waals surface area contributed by atoms with Crippen molar-refractivity contribution in [1.82, 2.24) is 5.32 Å². The van der Waals surface area contributed by atoms with Crippen LogP contribution in [0.5, 0.6) is 0 Å². The average Bonchev–Trinajstić information content (AvgIpc) is 2.35. The van der Waals surface area contributed by atoms with Crippen LogP contribution in [-0.2, 0) is 6.54 Å². The summed E-state index contributed by atoms with van der Waals surface area (Å²) in [5.74, 6) is 0.463. The van der Waals surface area contributed by atoms with Crippen LogP contribution in [0.3, 0.4) is 0 Å². The van der Waals surface area contributed by atoms with Crippen LogP contribution < -0.4 is 10.2 Å². The fourth-order valence-corrected chi connectivity index (χ4v) is 2.24. The Bertz CT molecular complexity index is 449. The lowest BCUT2D eigenvalue weighted by Gasteiger charge is -2.37. The lowest BCUT2D eigenvalue weighted by molar-refractivity contribution is 0.328. The van der Waals surface area contributed by atoms with Gasteiger partial charge in [0.05, 0.1) is 5.69 Å². The molecule has 120 valence electrons. The second-order valence-electron chi connectivity index (χ2n) is 7.46. The van der Waals surface area contributed by atoms with E-state index in [-0.39, 0.29) is 17.3 Å². The molecule has 1 unspecified atom stereocenters. The van der Waals surface area contributed by atoms with E-state index in [0.717, 1.165) is 12.1 Å². The predicted molar refractivity (Wildman–Crippen MR) is 90.3 cm³/mol. The number of anilines is 1. The van der Waals surface area contributed by atoms with Gasteiger partial charge < -0.3 is 10.2 Å². The molecule has 0 aromatic heterocycles. The fraction of sp³-hybridized carbons (Fsp3) is 0.667. The highest BCUT2D eigenvalue weighted by molar-refractivity contribution is 5.49. The molecule has 0 aliphatic rings. The van der Waals surface area contributed by atoms with Crippen molar-refractivity contribution in [1.29, 1.82) is 0 Å². The Morgan fingerprint density at radius 2 is 1.81 bits per heavy atom. The minimum Gasteiger partial charge on any atom is -0.369 e. The number of hydrogen-bond acceptors (Lipinski definition) is 2. The smallest absolute Gasteiger partial charge is 0.146 e. The number of halogens is 1. The Morgan fingerprint density at radius 3 is 2.29 bits per heavy atom. The average molecular weight is 294 g/mol. The molecule has 0 aliphatic heterocycles. The monoisotopic (exact) mass is 294 g/mol. The Morgan fingerprint density at radius 1 is 1.19 bits per heavy atom. The van der Waals surface area contributed by atoms with E-state index in [4.69, 9.17) is 0 Å². The standard InChI is InChI=1S/C18H31FN2/c1-13(2)11-20-12-15-8-9-17(16(19)10-15)21(7)14(3)18(4,5)6/h8-10,13-14,20H,11-12H2,1-7H3. The summed E-state index contributed by atoms with van der Waals surface area (Å²) in [7, 11) is 1.96. The largest absolute Gasteiger partial charge is 0.369 e. The van der Waals surface area contributed by atoms with E-state index in [2.05, 4.69) is 46.9 Å². The van der Waals surface area contributed by atoms with Crippen molar-refractivity contribution < 1.29 is 4.39 Å². The second-order valence-corrected chi connectivity index (χ2v) is 7.46. The van der Waals surface area contributed by atoms with E-state index < -0.39 is 0 Å². The SMILES string of the molecule is CC(C)CNCc1ccc(N(C)C(C)C(C)(C)C)c(F)c1. The molecule has 0 saturated heterocycles. The summed E-state index contributed by atoms with van der Waals surface area (Å²) < 4.78 is 14.4. The van der Waals surface area contributed by atoms with E-state index in [9.17, 15) is 4.39 Å². The van der Waals surface area contributed by atoms with E-state index in [1.165, 1.54) is 0 Å². The zero-order valence-electron chi connectivity index (χ0n) is 14.6. The van der Waals surface area contributed by atoms with Crippen LogP contribution >= 0.6 is 0 Å². The first-order valence-corrected chi connectivity index (χ1v) is 7.85. The number of benzene rings is 1. The molecule has 2 nitrogen and oxygen atoms in total. The molecule has 0 fully saturated rings. The molecular weight excluding hydrogens is 263 g/mol. The van der Waals surface area contributed by atoms with E-state index >= 15 is 0 Å². The normalized spacial score (nSPS) is 13.6. The molecule has 1 N–H and O–H groups in total. The Labute approximate surface area is 129 Å². The molecule has 0 saturated carbocycles. The molecule has 1 rings (SSSR count). The van der Waals surface area contributed by atoms with Crippen molar-refractivity contribution >= 4 is 5.69 Å². The van der Waals surface area contributed by atoms with Crippen LogP contribution in [0.1, 0.15) is 47.1 Å². The van der Waals surface area contributed by atoms with Gasteiger partial charge in [0.1, 0.15) is 5.82 Å². The molecule has 21 heavy (non-hydrogen) atoms. The molecule has 1 aromatic rings. The Hall–Kier alpha value is -1.09. The molecule has 1 aromatic carbocycles. The molecule has 0 radical (unpaired) electrons. The molecule has 0 heterocycles. The molecule has 1 atom stereocenters. The van der Waals surface area contributed by atoms with Crippen molar-refractivity contribution in [2.45, 2.75) is 54.1 Å². The minimum absolute atomic E-state index is 0.110. The number of rotatable bonds is 6. The Balaban J connectivity index is 2.78. The summed E-state index contributed by atoms with van der Waals surface area (Å²) in [5.41, 5.74) is 1.78. The third-order valence-electron chi connectivity index (χ3n) is 4.11. The van der Waals surface area contributed by atoms with Gasteiger partial charge in [-0.05, 0) is 42.5 Å². The number of nitrogens with zero attached hydrogens (tertiary/aromatic N) is 1. The maximum atomic E-state index is 14.4. The van der Waals surface area contributed by atoms with Crippen LogP contribution in [0.15, 0.2) is 18.2 Å². The van der Waals surface area contributed by atoms with Gasteiger partial charge in [-0.1, -0.05) is 40.7 Å². The quantitative estimate of drug-likeness (QED) is 0.834. The van der Waals surface area contributed by atoms with Gasteiger partial charge in [-0.25, -0.2) is 4.39 Å². The molecule has 3 heteroatoms. The van der Waals surface area contributed by atoms with Crippen molar-refractivity contribution in [3.8, 4) is 0 Å². The summed E-state index contributed by atoms with van der Waals surface area (Å²) in [6.45, 7) is 14.7. The summed E-state index contributed by atoms with van der Waals surface area (Å²) in [4.78, 5) is 2.03. The predicted octanol–water partition coefficient (Wildman–Crippen LogP) is 4.44. The van der Waals surface area contributed by atoms with Gasteiger partial charge in [0, 0.05) is 19.6 Å². The highest BCUT2D eigenvalue weighted by Gasteiger charge is 2.25. The van der Waals surface area contributed by atoms with Crippen molar-refractivity contribution in [2.24, 2.45) is 11.3 Å². The molecule has 0 bridgehead atoms. The zero-order valence-corrected chi connectivity index (χ0v) is 14.6. The molecular formula is C18H31FN2. The van der Waals surface area contributed by atoms with Crippen LogP contribution in [0, 0.1) is 17.2 Å². The second kappa shape index (κ2) is 7.26. The van der Waals surface area contributed by atoms with Gasteiger partial charge in [0.25, 0.3) is 0 Å². The van der Waals surface area contributed by atoms with Crippen LogP contribution in [0.2, 0.25) is 0 Å². The Kier molecular flexibility index (Phi) is 6.21. The topological polar surface area (TPSA) is 15.3 Å². The zero-order chi connectivity index (χ0) is 16.2. The van der Waals surface area contributed by atoms with E-state index in [1.807, 2.05) is 24.1 Å². The van der Waals surface area contributed by atoms with Crippen molar-refractivity contribution in [3.63, 3.8) is 0 Å². The first-order chi connectivity index (χ1) is 9.62. The lowest BCUT2D eigenvalue weighted by Crippen LogP contribution is -2.39. The number of nitrogens with one attached hydrogen (secondary N) is 1. The van der Waals surface area contributed by atoms with Crippen molar-refractivity contribution in [2.75, 3.05) is 18.5 Å². The van der Waals surface area contributed by atoms with Crippen LogP contribution in [-0.4, -0.2) is 19.6 Å². The van der Waals surface area contributed by atoms with Crippen molar-refractivity contribution in [3.05, 3.63) is 29.6 Å². The molecule has 0 amide bonds. The van der Waals surface area contributed by atoms with Gasteiger partial charge >= 0.3 is 0 Å². The van der Waals surface area contributed by atoms with E-state index in [0.29, 0.717) is 18.2 Å². The maximum absolute atomic E-state index is 14.4. The van der Waals surface area contributed by atoms with Gasteiger partial charge in [0.15, 0.2) is 0 Å². The summed E-state index contributed by atoms with van der Waals surface area (Å²) in [5, 5.41) is 3.34. The number of hydrogen-bond donors (Lipinski definition) is 1. The van der Waals surface area contributed by atoms with Gasteiger partial charge in [-0.15, -0.1) is 0 Å². The highest BCUT2D eigenvalue weighted by atomic mass is 19.1. The summed E-state index contributed by atoms with van der Waals surface area (Å²) in [6, 6.07) is 5.81. The molecule has 0 aliphatic carbocycles. The third kappa shape index (κ3) is 5.31. The van der Waals surface area contributed by atoms with Gasteiger partial charge in [0.2, 0.25) is 0 Å². The van der Waals surface area contributed by atoms with Crippen LogP contribution in [0.25, 0.3) is 0 Å². The van der Waals surface area contributed by atoms with Crippen LogP contribution in [0.4, 0.5) is 10.1 Å². The minimum atomic E-state index is -0.141. The summed E-state index contributed by atoms with van der Waals surface area (Å²) in [6.07, 6.45) is 0. The third-order valence-corrected chi connectivity index (χ3v) is 4.11. The van der Waals surface area contributed by atoms with Gasteiger partial charge in [-0.3, -0.25) is 0 Å². The summed E-state index contributed by atoms with van der Waals surface area (Å²) >= 11 is 0. The fourth-order valence-electron chi connectivity index (χ4n) is 2.24. The van der Waals surface area contributed by atoms with E-state index in [1.54, 1.807) is 6.07 Å². The lowest BCUT2D eigenvalue weighted by atomic mass is 9.87. The highest BCUT2D eigenvalue weighted by Crippen LogP contribution is 2.29. The first-order valence-electron chi connectivity index (χ1n) is 7.85. The molecule has 0 spiro atoms. The van der Waals surface area contributed by atoms with Gasteiger partial charge in [-0.2, -0.15) is 0 Å². The first kappa shape index (κ1) is 18.0.